The van der Waals surface area contributed by atoms with E-state index in [-0.39, 0.29) is 11.7 Å². The van der Waals surface area contributed by atoms with E-state index >= 15 is 0 Å². The SMILES string of the molecule is CCCCC(=O)N1CCN(CC(=O)c2ccc3c(c2)CCCC3)CC1. The van der Waals surface area contributed by atoms with Crippen LogP contribution in [-0.2, 0) is 17.6 Å². The monoisotopic (exact) mass is 342 g/mol. The summed E-state index contributed by atoms with van der Waals surface area (Å²) < 4.78 is 0. The van der Waals surface area contributed by atoms with Crippen molar-refractivity contribution < 1.29 is 9.59 Å². The van der Waals surface area contributed by atoms with Gasteiger partial charge in [-0.3, -0.25) is 14.5 Å². The highest BCUT2D eigenvalue weighted by Gasteiger charge is 2.22. The van der Waals surface area contributed by atoms with Crippen LogP contribution >= 0.6 is 0 Å². The van der Waals surface area contributed by atoms with Crippen molar-refractivity contribution >= 4 is 11.7 Å². The molecule has 3 rings (SSSR count). The van der Waals surface area contributed by atoms with Crippen LogP contribution in [0.4, 0.5) is 0 Å². The van der Waals surface area contributed by atoms with Crippen molar-refractivity contribution in [3.05, 3.63) is 34.9 Å². The molecule has 1 aromatic carbocycles. The van der Waals surface area contributed by atoms with Crippen LogP contribution in [0.1, 0.15) is 60.5 Å². The van der Waals surface area contributed by atoms with Gasteiger partial charge in [0.25, 0.3) is 0 Å². The van der Waals surface area contributed by atoms with Crippen molar-refractivity contribution in [1.29, 1.82) is 0 Å². The summed E-state index contributed by atoms with van der Waals surface area (Å²) >= 11 is 0. The number of carbonyl (C=O) groups excluding carboxylic acids is 2. The highest BCUT2D eigenvalue weighted by atomic mass is 16.2. The predicted octanol–water partition coefficient (Wildman–Crippen LogP) is 3.08. The van der Waals surface area contributed by atoms with Crippen molar-refractivity contribution in [3.63, 3.8) is 0 Å². The average Bonchev–Trinajstić information content (AvgIpc) is 2.66. The van der Waals surface area contributed by atoms with E-state index in [0.29, 0.717) is 13.0 Å². The molecule has 0 saturated carbocycles. The lowest BCUT2D eigenvalue weighted by atomic mass is 9.90. The van der Waals surface area contributed by atoms with Crippen molar-refractivity contribution in [2.75, 3.05) is 32.7 Å². The average molecular weight is 342 g/mol. The Labute approximate surface area is 151 Å². The lowest BCUT2D eigenvalue weighted by molar-refractivity contribution is -0.132. The second kappa shape index (κ2) is 8.61. The van der Waals surface area contributed by atoms with Gasteiger partial charge in [0.2, 0.25) is 5.91 Å². The third kappa shape index (κ3) is 4.69. The number of benzene rings is 1. The maximum atomic E-state index is 12.6. The maximum absolute atomic E-state index is 12.6. The zero-order chi connectivity index (χ0) is 17.6. The molecule has 0 bridgehead atoms. The Morgan fingerprint density at radius 2 is 1.72 bits per heavy atom. The summed E-state index contributed by atoms with van der Waals surface area (Å²) in [5.41, 5.74) is 3.63. The summed E-state index contributed by atoms with van der Waals surface area (Å²) in [6.07, 6.45) is 7.44. The molecule has 1 fully saturated rings. The van der Waals surface area contributed by atoms with Crippen molar-refractivity contribution in [2.24, 2.45) is 0 Å². The van der Waals surface area contributed by atoms with Crippen molar-refractivity contribution in [2.45, 2.75) is 51.9 Å². The fourth-order valence-electron chi connectivity index (χ4n) is 3.84. The Morgan fingerprint density at radius 3 is 2.44 bits per heavy atom. The van der Waals surface area contributed by atoms with Crippen molar-refractivity contribution in [3.8, 4) is 0 Å². The van der Waals surface area contributed by atoms with Crippen molar-refractivity contribution in [1.82, 2.24) is 9.80 Å². The van der Waals surface area contributed by atoms with Gasteiger partial charge in [-0.25, -0.2) is 0 Å². The van der Waals surface area contributed by atoms with Crippen LogP contribution in [-0.4, -0.2) is 54.2 Å². The summed E-state index contributed by atoms with van der Waals surface area (Å²) in [6.45, 7) is 5.68. The number of Topliss-reactive ketones (excluding diaryl/α,β-unsaturated/α-hetero) is 1. The van der Waals surface area contributed by atoms with E-state index in [1.807, 2.05) is 11.0 Å². The van der Waals surface area contributed by atoms with E-state index in [0.717, 1.165) is 57.4 Å². The third-order valence-electron chi connectivity index (χ3n) is 5.51. The number of piperazine rings is 1. The molecule has 4 heteroatoms. The van der Waals surface area contributed by atoms with E-state index in [1.165, 1.54) is 24.0 Å². The van der Waals surface area contributed by atoms with Gasteiger partial charge in [-0.15, -0.1) is 0 Å². The largest absolute Gasteiger partial charge is 0.340 e. The van der Waals surface area contributed by atoms with Gasteiger partial charge in [-0.2, -0.15) is 0 Å². The Hall–Kier alpha value is -1.68. The molecular weight excluding hydrogens is 312 g/mol. The van der Waals surface area contributed by atoms with Gasteiger partial charge in [-0.05, 0) is 49.3 Å². The predicted molar refractivity (Wildman–Crippen MR) is 100.0 cm³/mol. The molecule has 0 spiro atoms. The van der Waals surface area contributed by atoms with Crippen LogP contribution in [0.15, 0.2) is 18.2 Å². The van der Waals surface area contributed by atoms with Gasteiger partial charge >= 0.3 is 0 Å². The number of unbranched alkanes of at least 4 members (excludes halogenated alkanes) is 1. The maximum Gasteiger partial charge on any atom is 0.222 e. The number of carbonyl (C=O) groups is 2. The number of aryl methyl sites for hydroxylation is 2. The van der Waals surface area contributed by atoms with Crippen LogP contribution in [0, 0.1) is 0 Å². The first-order chi connectivity index (χ1) is 12.2. The van der Waals surface area contributed by atoms with Gasteiger partial charge in [0.05, 0.1) is 6.54 Å². The molecule has 0 atom stereocenters. The van der Waals surface area contributed by atoms with Crippen LogP contribution in [0.3, 0.4) is 0 Å². The number of nitrogens with zero attached hydrogens (tertiary/aromatic N) is 2. The van der Waals surface area contributed by atoms with Gasteiger partial charge in [0.1, 0.15) is 0 Å². The second-order valence-corrected chi connectivity index (χ2v) is 7.37. The molecule has 1 aliphatic heterocycles. The molecule has 0 aromatic heterocycles. The summed E-state index contributed by atoms with van der Waals surface area (Å²) in [4.78, 5) is 28.9. The molecule has 25 heavy (non-hydrogen) atoms. The van der Waals surface area contributed by atoms with E-state index in [9.17, 15) is 9.59 Å². The van der Waals surface area contributed by atoms with Crippen LogP contribution in [0.5, 0.6) is 0 Å². The summed E-state index contributed by atoms with van der Waals surface area (Å²) in [5.74, 6) is 0.474. The lowest BCUT2D eigenvalue weighted by Gasteiger charge is -2.34. The summed E-state index contributed by atoms with van der Waals surface area (Å²) in [6, 6.07) is 6.25. The Bertz CT molecular complexity index is 618. The number of amides is 1. The zero-order valence-corrected chi connectivity index (χ0v) is 15.4. The Morgan fingerprint density at radius 1 is 1.00 bits per heavy atom. The standard InChI is InChI=1S/C21H30N2O2/c1-2-3-8-21(25)23-13-11-22(12-14-23)16-20(24)19-10-9-17-6-4-5-7-18(17)15-19/h9-10,15H,2-8,11-14,16H2,1H3. The van der Waals surface area contributed by atoms with Gasteiger partial charge in [-0.1, -0.05) is 25.5 Å². The topological polar surface area (TPSA) is 40.6 Å². The summed E-state index contributed by atoms with van der Waals surface area (Å²) in [7, 11) is 0. The molecule has 0 unspecified atom stereocenters. The minimum Gasteiger partial charge on any atom is -0.340 e. The van der Waals surface area contributed by atoms with Gasteiger partial charge in [0, 0.05) is 38.2 Å². The number of rotatable bonds is 6. The first-order valence-electron chi connectivity index (χ1n) is 9.82. The highest BCUT2D eigenvalue weighted by Crippen LogP contribution is 2.22. The molecule has 1 amide bonds. The Balaban J connectivity index is 1.50. The lowest BCUT2D eigenvalue weighted by Crippen LogP contribution is -2.49. The summed E-state index contributed by atoms with van der Waals surface area (Å²) in [5, 5.41) is 0. The van der Waals surface area contributed by atoms with Gasteiger partial charge < -0.3 is 4.90 Å². The first kappa shape index (κ1) is 18.1. The molecule has 1 saturated heterocycles. The van der Waals surface area contributed by atoms with E-state index in [2.05, 4.69) is 24.0 Å². The fourth-order valence-corrected chi connectivity index (χ4v) is 3.84. The van der Waals surface area contributed by atoms with E-state index in [1.54, 1.807) is 0 Å². The number of hydrogen-bond acceptors (Lipinski definition) is 3. The molecule has 1 heterocycles. The quantitative estimate of drug-likeness (QED) is 0.746. The number of fused-ring (bicyclic) bond motifs is 1. The van der Waals surface area contributed by atoms with Crippen LogP contribution in [0.2, 0.25) is 0 Å². The molecule has 1 aliphatic carbocycles. The molecule has 4 nitrogen and oxygen atoms in total. The number of hydrogen-bond donors (Lipinski definition) is 0. The third-order valence-corrected chi connectivity index (χ3v) is 5.51. The van der Waals surface area contributed by atoms with E-state index < -0.39 is 0 Å². The van der Waals surface area contributed by atoms with Crippen LogP contribution in [0.25, 0.3) is 0 Å². The molecule has 0 radical (unpaired) electrons. The van der Waals surface area contributed by atoms with Gasteiger partial charge in [0.15, 0.2) is 5.78 Å². The highest BCUT2D eigenvalue weighted by molar-refractivity contribution is 5.97. The van der Waals surface area contributed by atoms with Crippen LogP contribution < -0.4 is 0 Å². The smallest absolute Gasteiger partial charge is 0.222 e. The molecule has 136 valence electrons. The minimum absolute atomic E-state index is 0.208. The first-order valence-corrected chi connectivity index (χ1v) is 9.82. The molecule has 1 aromatic rings. The number of ketones is 1. The fraction of sp³-hybridized carbons (Fsp3) is 0.619. The molecule has 2 aliphatic rings. The Kier molecular flexibility index (Phi) is 6.24. The molecular formula is C21H30N2O2. The zero-order valence-electron chi connectivity index (χ0n) is 15.4. The minimum atomic E-state index is 0.208. The molecule has 0 N–H and O–H groups in total. The second-order valence-electron chi connectivity index (χ2n) is 7.37. The normalized spacial score (nSPS) is 18.0. The van der Waals surface area contributed by atoms with E-state index in [4.69, 9.17) is 0 Å².